The van der Waals surface area contributed by atoms with Crippen molar-refractivity contribution in [2.75, 3.05) is 7.11 Å². The van der Waals surface area contributed by atoms with Gasteiger partial charge in [-0.1, -0.05) is 24.3 Å². The number of hydrogen-bond donors (Lipinski definition) is 1. The lowest BCUT2D eigenvalue weighted by Gasteiger charge is -2.10. The van der Waals surface area contributed by atoms with E-state index < -0.39 is 11.7 Å². The first kappa shape index (κ1) is 14.1. The maximum atomic E-state index is 12.7. The number of alkyl halides is 3. The van der Waals surface area contributed by atoms with Gasteiger partial charge in [-0.2, -0.15) is 13.2 Å². The second-order valence-corrected chi connectivity index (χ2v) is 4.19. The fraction of sp³-hybridized carbons (Fsp3) is 0.133. The molecule has 2 rings (SSSR count). The van der Waals surface area contributed by atoms with Gasteiger partial charge in [0.05, 0.1) is 12.7 Å². The summed E-state index contributed by atoms with van der Waals surface area (Å²) in [6.45, 7) is 0. The second-order valence-electron chi connectivity index (χ2n) is 4.19. The largest absolute Gasteiger partial charge is 0.481 e. The molecule has 0 saturated heterocycles. The molecule has 0 radical (unpaired) electrons. The van der Waals surface area contributed by atoms with Gasteiger partial charge in [0.2, 0.25) is 5.90 Å². The summed E-state index contributed by atoms with van der Waals surface area (Å²) in [5, 5.41) is 7.58. The summed E-state index contributed by atoms with van der Waals surface area (Å²) < 4.78 is 42.9. The molecule has 0 aliphatic carbocycles. The van der Waals surface area contributed by atoms with Gasteiger partial charge in [0.15, 0.2) is 0 Å². The van der Waals surface area contributed by atoms with E-state index in [1.165, 1.54) is 13.2 Å². The van der Waals surface area contributed by atoms with E-state index in [1.54, 1.807) is 30.3 Å². The fourth-order valence-electron chi connectivity index (χ4n) is 1.83. The van der Waals surface area contributed by atoms with Crippen molar-refractivity contribution >= 4 is 5.90 Å². The van der Waals surface area contributed by atoms with Crippen molar-refractivity contribution in [1.82, 2.24) is 0 Å². The Morgan fingerprint density at radius 2 is 1.60 bits per heavy atom. The van der Waals surface area contributed by atoms with Gasteiger partial charge in [0.1, 0.15) is 0 Å². The average Bonchev–Trinajstić information content (AvgIpc) is 2.46. The lowest BCUT2D eigenvalue weighted by Crippen LogP contribution is -2.04. The quantitative estimate of drug-likeness (QED) is 0.643. The minimum atomic E-state index is -4.37. The third-order valence-corrected chi connectivity index (χ3v) is 2.85. The molecule has 2 aromatic carbocycles. The Kier molecular flexibility index (Phi) is 3.79. The molecule has 0 aromatic heterocycles. The highest BCUT2D eigenvalue weighted by Crippen LogP contribution is 2.32. The van der Waals surface area contributed by atoms with Crippen molar-refractivity contribution in [2.45, 2.75) is 6.18 Å². The Labute approximate surface area is 114 Å². The number of halogens is 3. The standard InChI is InChI=1S/C15H12F3NO/c1-20-14(19)12-6-2-4-10(8-12)11-5-3-7-13(9-11)15(16,17)18/h2-9,19H,1H3. The molecule has 20 heavy (non-hydrogen) atoms. The second kappa shape index (κ2) is 5.36. The van der Waals surface area contributed by atoms with E-state index in [2.05, 4.69) is 0 Å². The Hall–Kier alpha value is -2.30. The molecular formula is C15H12F3NO. The smallest absolute Gasteiger partial charge is 0.416 e. The van der Waals surface area contributed by atoms with E-state index in [-0.39, 0.29) is 5.90 Å². The summed E-state index contributed by atoms with van der Waals surface area (Å²) in [5.41, 5.74) is 0.880. The molecule has 0 spiro atoms. The lowest BCUT2D eigenvalue weighted by atomic mass is 10.0. The third-order valence-electron chi connectivity index (χ3n) is 2.85. The van der Waals surface area contributed by atoms with Gasteiger partial charge in [-0.05, 0) is 35.4 Å². The summed E-state index contributed by atoms with van der Waals surface area (Å²) in [7, 11) is 1.37. The van der Waals surface area contributed by atoms with Gasteiger partial charge in [-0.25, -0.2) is 0 Å². The van der Waals surface area contributed by atoms with E-state index in [9.17, 15) is 13.2 Å². The number of nitrogens with one attached hydrogen (secondary N) is 1. The average molecular weight is 279 g/mol. The zero-order valence-corrected chi connectivity index (χ0v) is 10.7. The molecule has 0 bridgehead atoms. The van der Waals surface area contributed by atoms with Crippen molar-refractivity contribution in [3.05, 3.63) is 59.7 Å². The van der Waals surface area contributed by atoms with Crippen LogP contribution >= 0.6 is 0 Å². The molecule has 5 heteroatoms. The molecule has 0 aliphatic rings. The van der Waals surface area contributed by atoms with E-state index in [0.717, 1.165) is 12.1 Å². The van der Waals surface area contributed by atoms with Crippen molar-refractivity contribution in [3.8, 4) is 11.1 Å². The first-order chi connectivity index (χ1) is 9.41. The summed E-state index contributed by atoms with van der Waals surface area (Å²) in [6, 6.07) is 11.8. The van der Waals surface area contributed by atoms with Crippen LogP contribution < -0.4 is 0 Å². The number of methoxy groups -OCH3 is 1. The minimum Gasteiger partial charge on any atom is -0.481 e. The van der Waals surface area contributed by atoms with E-state index >= 15 is 0 Å². The van der Waals surface area contributed by atoms with Crippen molar-refractivity contribution in [2.24, 2.45) is 0 Å². The van der Waals surface area contributed by atoms with Crippen molar-refractivity contribution < 1.29 is 17.9 Å². The van der Waals surface area contributed by atoms with Crippen LogP contribution in [0.3, 0.4) is 0 Å². The molecule has 0 aliphatic heterocycles. The molecule has 0 amide bonds. The van der Waals surface area contributed by atoms with Crippen molar-refractivity contribution in [3.63, 3.8) is 0 Å². The van der Waals surface area contributed by atoms with Crippen LogP contribution in [0.4, 0.5) is 13.2 Å². The lowest BCUT2D eigenvalue weighted by molar-refractivity contribution is -0.137. The topological polar surface area (TPSA) is 33.1 Å². The predicted molar refractivity (Wildman–Crippen MR) is 70.7 cm³/mol. The van der Waals surface area contributed by atoms with Crippen LogP contribution in [0.15, 0.2) is 48.5 Å². The maximum absolute atomic E-state index is 12.7. The fourth-order valence-corrected chi connectivity index (χ4v) is 1.83. The first-order valence-electron chi connectivity index (χ1n) is 5.82. The Morgan fingerprint density at radius 3 is 2.20 bits per heavy atom. The van der Waals surface area contributed by atoms with Crippen LogP contribution in [0.25, 0.3) is 11.1 Å². The van der Waals surface area contributed by atoms with Gasteiger partial charge in [-0.15, -0.1) is 0 Å². The van der Waals surface area contributed by atoms with Gasteiger partial charge in [0.25, 0.3) is 0 Å². The van der Waals surface area contributed by atoms with Crippen LogP contribution in [0.5, 0.6) is 0 Å². The summed E-state index contributed by atoms with van der Waals surface area (Å²) in [4.78, 5) is 0. The zero-order valence-electron chi connectivity index (χ0n) is 10.7. The molecular weight excluding hydrogens is 267 g/mol. The van der Waals surface area contributed by atoms with Crippen molar-refractivity contribution in [1.29, 1.82) is 5.41 Å². The number of ether oxygens (including phenoxy) is 1. The molecule has 0 atom stereocenters. The Bertz CT molecular complexity index is 635. The van der Waals surface area contributed by atoms with Gasteiger partial charge in [-0.3, -0.25) is 5.41 Å². The third kappa shape index (κ3) is 2.99. The summed E-state index contributed by atoms with van der Waals surface area (Å²) in [5.74, 6) is -0.0289. The van der Waals surface area contributed by atoms with Gasteiger partial charge in [0, 0.05) is 5.56 Å². The molecule has 1 N–H and O–H groups in total. The van der Waals surface area contributed by atoms with Crippen LogP contribution in [0, 0.1) is 5.41 Å². The monoisotopic (exact) mass is 279 g/mol. The summed E-state index contributed by atoms with van der Waals surface area (Å²) in [6.07, 6.45) is -4.37. The molecule has 104 valence electrons. The summed E-state index contributed by atoms with van der Waals surface area (Å²) >= 11 is 0. The SMILES string of the molecule is COC(=N)c1cccc(-c2cccc(C(F)(F)F)c2)c1. The highest BCUT2D eigenvalue weighted by Gasteiger charge is 2.30. The Balaban J connectivity index is 2.44. The maximum Gasteiger partial charge on any atom is 0.416 e. The molecule has 2 nitrogen and oxygen atoms in total. The van der Waals surface area contributed by atoms with Crippen LogP contribution in [-0.4, -0.2) is 13.0 Å². The van der Waals surface area contributed by atoms with Crippen LogP contribution in [-0.2, 0) is 10.9 Å². The van der Waals surface area contributed by atoms with E-state index in [0.29, 0.717) is 16.7 Å². The molecule has 0 fully saturated rings. The molecule has 0 saturated carbocycles. The number of rotatable bonds is 2. The highest BCUT2D eigenvalue weighted by atomic mass is 19.4. The molecule has 2 aromatic rings. The van der Waals surface area contributed by atoms with Gasteiger partial charge >= 0.3 is 6.18 Å². The molecule has 0 unspecified atom stereocenters. The van der Waals surface area contributed by atoms with E-state index in [4.69, 9.17) is 10.1 Å². The highest BCUT2D eigenvalue weighted by molar-refractivity contribution is 5.92. The zero-order chi connectivity index (χ0) is 14.8. The number of hydrogen-bond acceptors (Lipinski definition) is 2. The van der Waals surface area contributed by atoms with E-state index in [1.807, 2.05) is 0 Å². The first-order valence-corrected chi connectivity index (χ1v) is 5.82. The number of benzene rings is 2. The normalized spacial score (nSPS) is 11.2. The Morgan fingerprint density at radius 1 is 1.00 bits per heavy atom. The van der Waals surface area contributed by atoms with Crippen LogP contribution in [0.2, 0.25) is 0 Å². The molecule has 0 heterocycles. The van der Waals surface area contributed by atoms with Gasteiger partial charge < -0.3 is 4.74 Å². The van der Waals surface area contributed by atoms with Crippen LogP contribution in [0.1, 0.15) is 11.1 Å². The minimum absolute atomic E-state index is 0.0289. The predicted octanol–water partition coefficient (Wildman–Crippen LogP) is 4.34.